The van der Waals surface area contributed by atoms with Crippen molar-refractivity contribution in [2.45, 2.75) is 25.0 Å². The van der Waals surface area contributed by atoms with Crippen molar-refractivity contribution < 1.29 is 24.1 Å². The van der Waals surface area contributed by atoms with E-state index in [1.165, 1.54) is 31.5 Å². The maximum Gasteiger partial charge on any atom is 0.354 e. The van der Waals surface area contributed by atoms with Crippen LogP contribution in [0.15, 0.2) is 36.5 Å². The predicted molar refractivity (Wildman–Crippen MR) is 89.2 cm³/mol. The molecular weight excluding hydrogens is 327 g/mol. The average Bonchev–Trinajstić information content (AvgIpc) is 2.57. The zero-order valence-corrected chi connectivity index (χ0v) is 13.6. The van der Waals surface area contributed by atoms with Crippen LogP contribution in [0.3, 0.4) is 0 Å². The number of anilines is 1. The number of hydrogen-bond acceptors (Lipinski definition) is 5. The van der Waals surface area contributed by atoms with Gasteiger partial charge >= 0.3 is 5.97 Å². The normalized spacial score (nSPS) is 20.4. The van der Waals surface area contributed by atoms with Crippen LogP contribution in [0.5, 0.6) is 5.75 Å². The number of nitrogens with one attached hydrogen (secondary N) is 1. The molecule has 3 N–H and O–H groups in total. The van der Waals surface area contributed by atoms with Crippen molar-refractivity contribution in [2.24, 2.45) is 5.92 Å². The summed E-state index contributed by atoms with van der Waals surface area (Å²) in [5.74, 6) is -0.897. The molecule has 25 heavy (non-hydrogen) atoms. The third-order valence-electron chi connectivity index (χ3n) is 4.45. The number of aliphatic hydroxyl groups excluding tert-OH is 1. The Bertz CT molecular complexity index is 777. The number of halogens is 1. The standard InChI is InChI=1S/C18H19FN2O4/c1-25-16-3-2-11(19)8-14(16)17(10-6-13(22)7-10)21-12-4-5-20-15(9-12)18(23)24/h2-5,8-10,13,17,22H,6-7H2,1H3,(H,20,21)(H,23,24)/t10?,13?,17-/m1/s1. The van der Waals surface area contributed by atoms with E-state index in [2.05, 4.69) is 10.3 Å². The molecule has 7 heteroatoms. The fraction of sp³-hybridized carbons (Fsp3) is 0.333. The SMILES string of the molecule is COc1ccc(F)cc1[C@H](Nc1ccnc(C(=O)O)c1)C1CC(O)C1. The average molecular weight is 346 g/mol. The van der Waals surface area contributed by atoms with Gasteiger partial charge in [-0.2, -0.15) is 0 Å². The zero-order chi connectivity index (χ0) is 18.0. The van der Waals surface area contributed by atoms with E-state index in [4.69, 9.17) is 9.84 Å². The molecule has 1 atom stereocenters. The monoisotopic (exact) mass is 346 g/mol. The van der Waals surface area contributed by atoms with Gasteiger partial charge in [0.05, 0.1) is 19.3 Å². The molecule has 0 radical (unpaired) electrons. The summed E-state index contributed by atoms with van der Waals surface area (Å²) in [5.41, 5.74) is 1.11. The number of aliphatic hydroxyl groups is 1. The molecule has 0 bridgehead atoms. The minimum absolute atomic E-state index is 0.0761. The van der Waals surface area contributed by atoms with E-state index in [-0.39, 0.29) is 29.6 Å². The Kier molecular flexibility index (Phi) is 4.85. The molecular formula is C18H19FN2O4. The van der Waals surface area contributed by atoms with Crippen LogP contribution in [-0.4, -0.2) is 34.4 Å². The van der Waals surface area contributed by atoms with E-state index in [0.717, 1.165) is 0 Å². The zero-order valence-electron chi connectivity index (χ0n) is 13.6. The van der Waals surface area contributed by atoms with Crippen molar-refractivity contribution in [3.8, 4) is 5.75 Å². The molecule has 1 aliphatic rings. The summed E-state index contributed by atoms with van der Waals surface area (Å²) < 4.78 is 19.1. The second kappa shape index (κ2) is 7.06. The predicted octanol–water partition coefficient (Wildman–Crippen LogP) is 2.85. The van der Waals surface area contributed by atoms with Crippen molar-refractivity contribution in [1.82, 2.24) is 4.98 Å². The number of methoxy groups -OCH3 is 1. The Balaban J connectivity index is 1.95. The summed E-state index contributed by atoms with van der Waals surface area (Å²) in [6.45, 7) is 0. The Hall–Kier alpha value is -2.67. The molecule has 0 spiro atoms. The largest absolute Gasteiger partial charge is 0.496 e. The quantitative estimate of drug-likeness (QED) is 0.745. The van der Waals surface area contributed by atoms with Crippen LogP contribution in [0.25, 0.3) is 0 Å². The molecule has 3 rings (SSSR count). The summed E-state index contributed by atoms with van der Waals surface area (Å²) in [5, 5.41) is 22.0. The van der Waals surface area contributed by atoms with Crippen LogP contribution in [0.1, 0.15) is 34.9 Å². The van der Waals surface area contributed by atoms with Gasteiger partial charge < -0.3 is 20.3 Å². The maximum atomic E-state index is 13.8. The van der Waals surface area contributed by atoms with Gasteiger partial charge in [-0.05, 0) is 49.1 Å². The summed E-state index contributed by atoms with van der Waals surface area (Å²) in [6.07, 6.45) is 2.19. The Morgan fingerprint density at radius 2 is 2.12 bits per heavy atom. The maximum absolute atomic E-state index is 13.8. The van der Waals surface area contributed by atoms with Crippen molar-refractivity contribution in [1.29, 1.82) is 0 Å². The number of aromatic nitrogens is 1. The van der Waals surface area contributed by atoms with E-state index in [1.54, 1.807) is 12.1 Å². The topological polar surface area (TPSA) is 91.7 Å². The number of carboxylic acid groups (broad SMARTS) is 1. The number of carbonyl (C=O) groups is 1. The molecule has 6 nitrogen and oxygen atoms in total. The van der Waals surface area contributed by atoms with Crippen molar-refractivity contribution >= 4 is 11.7 Å². The molecule has 0 amide bonds. The van der Waals surface area contributed by atoms with Gasteiger partial charge in [-0.15, -0.1) is 0 Å². The Morgan fingerprint density at radius 1 is 1.36 bits per heavy atom. The van der Waals surface area contributed by atoms with Crippen LogP contribution < -0.4 is 10.1 Å². The fourth-order valence-electron chi connectivity index (χ4n) is 3.12. The molecule has 1 saturated carbocycles. The summed E-state index contributed by atoms with van der Waals surface area (Å²) in [6, 6.07) is 7.04. The Morgan fingerprint density at radius 3 is 2.76 bits per heavy atom. The number of aromatic carboxylic acids is 1. The van der Waals surface area contributed by atoms with E-state index >= 15 is 0 Å². The number of carboxylic acids is 1. The lowest BCUT2D eigenvalue weighted by Gasteiger charge is -2.39. The highest BCUT2D eigenvalue weighted by Gasteiger charge is 2.36. The highest BCUT2D eigenvalue weighted by Crippen LogP contribution is 2.43. The fourth-order valence-corrected chi connectivity index (χ4v) is 3.12. The first-order valence-corrected chi connectivity index (χ1v) is 7.95. The molecule has 0 saturated heterocycles. The smallest absolute Gasteiger partial charge is 0.354 e. The van der Waals surface area contributed by atoms with Crippen LogP contribution in [0.4, 0.5) is 10.1 Å². The lowest BCUT2D eigenvalue weighted by Crippen LogP contribution is -2.36. The van der Waals surface area contributed by atoms with Crippen LogP contribution >= 0.6 is 0 Å². The molecule has 1 aromatic heterocycles. The second-order valence-corrected chi connectivity index (χ2v) is 6.13. The van der Waals surface area contributed by atoms with Crippen LogP contribution in [0, 0.1) is 11.7 Å². The van der Waals surface area contributed by atoms with Crippen LogP contribution in [0.2, 0.25) is 0 Å². The second-order valence-electron chi connectivity index (χ2n) is 6.13. The van der Waals surface area contributed by atoms with E-state index in [1.807, 2.05) is 0 Å². The van der Waals surface area contributed by atoms with Gasteiger partial charge in [0.2, 0.25) is 0 Å². The van der Waals surface area contributed by atoms with Gasteiger partial charge in [0.1, 0.15) is 17.3 Å². The highest BCUT2D eigenvalue weighted by atomic mass is 19.1. The first kappa shape index (κ1) is 17.2. The lowest BCUT2D eigenvalue weighted by atomic mass is 9.74. The minimum atomic E-state index is -1.12. The number of ether oxygens (including phenoxy) is 1. The number of pyridine rings is 1. The van der Waals surface area contributed by atoms with E-state index in [9.17, 15) is 14.3 Å². The number of benzene rings is 1. The first-order valence-electron chi connectivity index (χ1n) is 7.95. The third kappa shape index (κ3) is 3.71. The van der Waals surface area contributed by atoms with Gasteiger partial charge in [-0.1, -0.05) is 0 Å². The van der Waals surface area contributed by atoms with Crippen molar-refractivity contribution in [2.75, 3.05) is 12.4 Å². The molecule has 1 fully saturated rings. The first-order chi connectivity index (χ1) is 12.0. The summed E-state index contributed by atoms with van der Waals surface area (Å²) >= 11 is 0. The minimum Gasteiger partial charge on any atom is -0.496 e. The van der Waals surface area contributed by atoms with E-state index < -0.39 is 5.97 Å². The Labute approximate surface area is 144 Å². The van der Waals surface area contributed by atoms with E-state index in [0.29, 0.717) is 29.8 Å². The highest BCUT2D eigenvalue weighted by molar-refractivity contribution is 5.86. The molecule has 1 aromatic carbocycles. The van der Waals surface area contributed by atoms with Crippen LogP contribution in [-0.2, 0) is 0 Å². The molecule has 0 aliphatic heterocycles. The summed E-state index contributed by atoms with van der Waals surface area (Å²) in [4.78, 5) is 14.9. The molecule has 1 heterocycles. The lowest BCUT2D eigenvalue weighted by molar-refractivity contribution is 0.0336. The van der Waals surface area contributed by atoms with Crippen molar-refractivity contribution in [3.63, 3.8) is 0 Å². The third-order valence-corrected chi connectivity index (χ3v) is 4.45. The van der Waals surface area contributed by atoms with Crippen molar-refractivity contribution in [3.05, 3.63) is 53.6 Å². The van der Waals surface area contributed by atoms with Gasteiger partial charge in [-0.25, -0.2) is 14.2 Å². The van der Waals surface area contributed by atoms with Gasteiger partial charge in [0, 0.05) is 17.4 Å². The number of hydrogen-bond donors (Lipinski definition) is 3. The molecule has 132 valence electrons. The van der Waals surface area contributed by atoms with Gasteiger partial charge in [-0.3, -0.25) is 0 Å². The van der Waals surface area contributed by atoms with Gasteiger partial charge in [0.25, 0.3) is 0 Å². The molecule has 1 aliphatic carbocycles. The number of nitrogens with zero attached hydrogens (tertiary/aromatic N) is 1. The molecule has 2 aromatic rings. The summed E-state index contributed by atoms with van der Waals surface area (Å²) in [7, 11) is 1.51. The number of rotatable bonds is 6. The molecule has 0 unspecified atom stereocenters. The van der Waals surface area contributed by atoms with Gasteiger partial charge in [0.15, 0.2) is 0 Å².